The lowest BCUT2D eigenvalue weighted by molar-refractivity contribution is 0.0640. The second-order valence-corrected chi connectivity index (χ2v) is 19.0. The molecule has 2 heterocycles. The van der Waals surface area contributed by atoms with E-state index in [0.29, 0.717) is 5.82 Å². The largest absolute Gasteiger partial charge is 0.472 e. The Morgan fingerprint density at radius 2 is 1.10 bits per heavy atom. The highest BCUT2D eigenvalue weighted by Crippen LogP contribution is 2.67. The number of nitrogens with zero attached hydrogens (tertiary/aromatic N) is 2. The first kappa shape index (κ1) is 37.4. The molecular weight excluding hydrogens is 748 g/mol. The van der Waals surface area contributed by atoms with Gasteiger partial charge in [-0.2, -0.15) is 0 Å². The van der Waals surface area contributed by atoms with Crippen molar-refractivity contribution in [3.05, 3.63) is 204 Å². The van der Waals surface area contributed by atoms with Crippen molar-refractivity contribution >= 4 is 16.8 Å². The fourth-order valence-corrected chi connectivity index (χ4v) is 11.7. The summed E-state index contributed by atoms with van der Waals surface area (Å²) in [6.45, 7) is 9.56. The van der Waals surface area contributed by atoms with Gasteiger partial charge in [-0.15, -0.1) is 0 Å². The number of hydrogen-bond donors (Lipinski definition) is 0. The molecule has 1 atom stereocenters. The highest BCUT2D eigenvalue weighted by Gasteiger charge is 2.55. The van der Waals surface area contributed by atoms with Crippen molar-refractivity contribution in [2.45, 2.75) is 58.0 Å². The molecule has 0 bridgehead atoms. The minimum Gasteiger partial charge on any atom is -0.472 e. The van der Waals surface area contributed by atoms with Gasteiger partial charge >= 0.3 is 0 Å². The van der Waals surface area contributed by atoms with Crippen molar-refractivity contribution in [1.82, 2.24) is 9.97 Å². The van der Waals surface area contributed by atoms with Crippen LogP contribution >= 0.6 is 0 Å². The maximum absolute atomic E-state index is 15.5. The van der Waals surface area contributed by atoms with Gasteiger partial charge in [-0.3, -0.25) is 0 Å². The zero-order valence-electron chi connectivity index (χ0n) is 35.0. The lowest BCUT2D eigenvalue weighted by Crippen LogP contribution is -2.44. The van der Waals surface area contributed by atoms with Crippen LogP contribution in [0.4, 0.5) is 4.39 Å². The minimum atomic E-state index is -0.943. The zero-order valence-corrected chi connectivity index (χ0v) is 35.0. The summed E-state index contributed by atoms with van der Waals surface area (Å²) in [5.41, 5.74) is 11.3. The van der Waals surface area contributed by atoms with E-state index in [4.69, 9.17) is 14.7 Å². The van der Waals surface area contributed by atoms with Crippen LogP contribution in [0, 0.1) is 16.6 Å². The standard InChI is InChI=1S/C57H47FN2O/c1-54(2)34-55(3,4)36-56(35-54)47-32-42(58)28-29-45(47)50-43-22-14-15-23-44(43)52-46(51(50)56)30-31-57(61-52,40-20-12-7-13-21-40)41-26-24-39(25-27-41)53-59-48(37-16-8-5-9-17-37)33-49(60-53)38-18-10-6-11-19-38/h5-33H,34-36H2,1-4H3. The van der Waals surface area contributed by atoms with E-state index < -0.39 is 5.60 Å². The average molecular weight is 795 g/mol. The average Bonchev–Trinajstić information content (AvgIpc) is 3.53. The third-order valence-electron chi connectivity index (χ3n) is 13.4. The van der Waals surface area contributed by atoms with Crippen LogP contribution in [0.5, 0.6) is 5.75 Å². The second kappa shape index (κ2) is 13.7. The van der Waals surface area contributed by atoms with Crippen molar-refractivity contribution in [1.29, 1.82) is 0 Å². The van der Waals surface area contributed by atoms with Crippen molar-refractivity contribution in [2.24, 2.45) is 10.8 Å². The Bertz CT molecular complexity index is 2950. The molecular formula is C57H47FN2O. The summed E-state index contributed by atoms with van der Waals surface area (Å²) in [6.07, 6.45) is 7.53. The molecule has 1 aromatic heterocycles. The topological polar surface area (TPSA) is 35.0 Å². The molecule has 2 aliphatic carbocycles. The lowest BCUT2D eigenvalue weighted by Gasteiger charge is -2.52. The lowest BCUT2D eigenvalue weighted by atomic mass is 9.52. The van der Waals surface area contributed by atoms with Gasteiger partial charge in [0.15, 0.2) is 11.4 Å². The molecule has 3 nitrogen and oxygen atoms in total. The van der Waals surface area contributed by atoms with Crippen LogP contribution in [0.3, 0.4) is 0 Å². The highest BCUT2D eigenvalue weighted by atomic mass is 19.1. The predicted molar refractivity (Wildman–Crippen MR) is 247 cm³/mol. The van der Waals surface area contributed by atoms with E-state index in [0.717, 1.165) is 91.7 Å². The van der Waals surface area contributed by atoms with Crippen LogP contribution in [0.1, 0.15) is 74.8 Å². The van der Waals surface area contributed by atoms with Crippen LogP contribution in [0.25, 0.3) is 61.9 Å². The predicted octanol–water partition coefficient (Wildman–Crippen LogP) is 14.6. The van der Waals surface area contributed by atoms with E-state index in [1.54, 1.807) is 6.07 Å². The Labute approximate surface area is 357 Å². The molecule has 298 valence electrons. The summed E-state index contributed by atoms with van der Waals surface area (Å²) in [7, 11) is 0. The maximum atomic E-state index is 15.5. The van der Waals surface area contributed by atoms with E-state index in [1.165, 1.54) is 11.1 Å². The van der Waals surface area contributed by atoms with Gasteiger partial charge in [-0.25, -0.2) is 14.4 Å². The smallest absolute Gasteiger partial charge is 0.178 e. The van der Waals surface area contributed by atoms with E-state index in [2.05, 4.69) is 149 Å². The molecule has 61 heavy (non-hydrogen) atoms. The molecule has 1 aliphatic heterocycles. The number of rotatable bonds is 5. The fourth-order valence-electron chi connectivity index (χ4n) is 11.7. The summed E-state index contributed by atoms with van der Waals surface area (Å²) in [5.74, 6) is 1.34. The molecule has 1 spiro atoms. The van der Waals surface area contributed by atoms with Gasteiger partial charge in [0.25, 0.3) is 0 Å². The Balaban J connectivity index is 1.10. The summed E-state index contributed by atoms with van der Waals surface area (Å²) < 4.78 is 23.2. The first-order chi connectivity index (χ1) is 29.5. The number of fused-ring (bicyclic) bond motifs is 10. The molecule has 0 saturated heterocycles. The molecule has 0 radical (unpaired) electrons. The first-order valence-electron chi connectivity index (χ1n) is 21.5. The highest BCUT2D eigenvalue weighted by molar-refractivity contribution is 6.08. The summed E-state index contributed by atoms with van der Waals surface area (Å²) in [4.78, 5) is 10.2. The van der Waals surface area contributed by atoms with Gasteiger partial charge in [0.05, 0.1) is 11.4 Å². The first-order valence-corrected chi connectivity index (χ1v) is 21.5. The third-order valence-corrected chi connectivity index (χ3v) is 13.4. The number of ether oxygens (including phenoxy) is 1. The SMILES string of the molecule is CC1(C)CC(C)(C)CC2(C1)c1cc(F)ccc1-c1c2c2c(c3ccccc13)OC(c1ccccc1)(c1ccc(-c3nc(-c4ccccc4)cc(-c4ccccc4)n3)cc1)C=C2. The zero-order chi connectivity index (χ0) is 41.6. The molecule has 1 fully saturated rings. The quantitative estimate of drug-likeness (QED) is 0.174. The van der Waals surface area contributed by atoms with Crippen molar-refractivity contribution in [2.75, 3.05) is 0 Å². The van der Waals surface area contributed by atoms with Gasteiger partial charge < -0.3 is 4.74 Å². The Morgan fingerprint density at radius 3 is 1.72 bits per heavy atom. The van der Waals surface area contributed by atoms with Gasteiger partial charge in [-0.05, 0) is 82.0 Å². The third kappa shape index (κ3) is 6.06. The van der Waals surface area contributed by atoms with Gasteiger partial charge in [0, 0.05) is 44.2 Å². The maximum Gasteiger partial charge on any atom is 0.178 e. The molecule has 0 N–H and O–H groups in total. The molecule has 8 aromatic rings. The Morgan fingerprint density at radius 1 is 0.541 bits per heavy atom. The minimum absolute atomic E-state index is 0.0342. The van der Waals surface area contributed by atoms with Crippen LogP contribution in [-0.4, -0.2) is 9.97 Å². The molecule has 3 aliphatic rings. The van der Waals surface area contributed by atoms with Crippen molar-refractivity contribution in [3.8, 4) is 50.8 Å². The molecule has 4 heteroatoms. The number of benzene rings is 7. The van der Waals surface area contributed by atoms with Crippen LogP contribution < -0.4 is 4.74 Å². The fraction of sp³-hybridized carbons (Fsp3) is 0.193. The second-order valence-electron chi connectivity index (χ2n) is 19.0. The van der Waals surface area contributed by atoms with E-state index in [9.17, 15) is 0 Å². The molecule has 11 rings (SSSR count). The van der Waals surface area contributed by atoms with E-state index in [1.807, 2.05) is 48.5 Å². The number of aromatic nitrogens is 2. The van der Waals surface area contributed by atoms with E-state index >= 15 is 4.39 Å². The molecule has 1 saturated carbocycles. The van der Waals surface area contributed by atoms with Crippen molar-refractivity contribution < 1.29 is 9.13 Å². The van der Waals surface area contributed by atoms with Gasteiger partial charge in [0.2, 0.25) is 0 Å². The Hall–Kier alpha value is -6.65. The van der Waals surface area contributed by atoms with E-state index in [-0.39, 0.29) is 22.1 Å². The molecule has 0 amide bonds. The van der Waals surface area contributed by atoms with Crippen LogP contribution in [-0.2, 0) is 11.0 Å². The van der Waals surface area contributed by atoms with Gasteiger partial charge in [-0.1, -0.05) is 179 Å². The Kier molecular flexibility index (Phi) is 8.38. The monoisotopic (exact) mass is 794 g/mol. The number of hydrogen-bond acceptors (Lipinski definition) is 3. The molecule has 1 unspecified atom stereocenters. The summed E-state index contributed by atoms with van der Waals surface area (Å²) in [5, 5.41) is 2.19. The van der Waals surface area contributed by atoms with Gasteiger partial charge in [0.1, 0.15) is 11.6 Å². The summed E-state index contributed by atoms with van der Waals surface area (Å²) >= 11 is 0. The number of halogens is 1. The van der Waals surface area contributed by atoms with Crippen LogP contribution in [0.2, 0.25) is 0 Å². The van der Waals surface area contributed by atoms with Crippen molar-refractivity contribution in [3.63, 3.8) is 0 Å². The summed E-state index contributed by atoms with van der Waals surface area (Å²) in [6, 6.07) is 55.9. The normalized spacial score (nSPS) is 18.9. The molecule has 7 aromatic carbocycles. The van der Waals surface area contributed by atoms with Crippen LogP contribution in [0.15, 0.2) is 170 Å².